The van der Waals surface area contributed by atoms with Gasteiger partial charge in [0.1, 0.15) is 35.4 Å². The normalized spacial score (nSPS) is 9.57. The molecule has 0 aliphatic carbocycles. The van der Waals surface area contributed by atoms with E-state index in [-0.39, 0.29) is 47.5 Å². The van der Waals surface area contributed by atoms with Crippen LogP contribution in [0.5, 0.6) is 28.7 Å². The number of para-hydroxylation sites is 1. The van der Waals surface area contributed by atoms with Gasteiger partial charge in [-0.05, 0) is 135 Å². The lowest BCUT2D eigenvalue weighted by Crippen LogP contribution is -2.05. The van der Waals surface area contributed by atoms with Crippen LogP contribution in [0, 0.1) is 0 Å². The zero-order valence-corrected chi connectivity index (χ0v) is 35.5. The van der Waals surface area contributed by atoms with Crippen molar-refractivity contribution < 1.29 is 63.7 Å². The molecule has 332 valence electrons. The van der Waals surface area contributed by atoms with Crippen molar-refractivity contribution in [3.05, 3.63) is 186 Å². The highest BCUT2D eigenvalue weighted by Gasteiger charge is 2.08. The van der Waals surface area contributed by atoms with Gasteiger partial charge in [0.2, 0.25) is 0 Å². The van der Waals surface area contributed by atoms with Gasteiger partial charge >= 0.3 is 23.9 Å². The minimum Gasteiger partial charge on any atom is -0.508 e. The van der Waals surface area contributed by atoms with Crippen LogP contribution in [0.25, 0.3) is 0 Å². The van der Waals surface area contributed by atoms with Crippen molar-refractivity contribution in [2.45, 2.75) is 46.6 Å². The molecule has 0 aliphatic rings. The predicted molar refractivity (Wildman–Crippen MR) is 238 cm³/mol. The third-order valence-electron chi connectivity index (χ3n) is 7.82. The highest BCUT2D eigenvalue weighted by Crippen LogP contribution is 2.14. The third-order valence-corrected chi connectivity index (χ3v) is 7.82. The van der Waals surface area contributed by atoms with Crippen LogP contribution in [0.1, 0.15) is 87.0 Å². The van der Waals surface area contributed by atoms with Crippen LogP contribution in [-0.2, 0) is 25.6 Å². The number of phenols is 5. The summed E-state index contributed by atoms with van der Waals surface area (Å²) in [6.07, 6.45) is 2.69. The minimum absolute atomic E-state index is 0.129. The van der Waals surface area contributed by atoms with E-state index in [1.807, 2.05) is 50.2 Å². The summed E-state index contributed by atoms with van der Waals surface area (Å²) in [6.45, 7) is 7.22. The van der Waals surface area contributed by atoms with Crippen LogP contribution in [0.4, 0.5) is 0 Å². The highest BCUT2D eigenvalue weighted by molar-refractivity contribution is 5.91. The van der Waals surface area contributed by atoms with Crippen molar-refractivity contribution in [1.29, 1.82) is 0 Å². The lowest BCUT2D eigenvalue weighted by Gasteiger charge is -2.04. The summed E-state index contributed by atoms with van der Waals surface area (Å²) in [5.74, 6) is -0.552. The van der Waals surface area contributed by atoms with Crippen LogP contribution in [0.2, 0.25) is 0 Å². The number of phenolic OH excluding ortho intramolecular Hbond substituents is 5. The minimum atomic E-state index is -0.395. The second-order valence-corrected chi connectivity index (χ2v) is 12.9. The average Bonchev–Trinajstić information content (AvgIpc) is 3.30. The molecule has 0 aromatic heterocycles. The van der Waals surface area contributed by atoms with E-state index in [0.29, 0.717) is 47.8 Å². The fraction of sp³-hybridized carbons (Fsp3) is 0.200. The molecule has 0 saturated carbocycles. The van der Waals surface area contributed by atoms with Gasteiger partial charge in [0.05, 0.1) is 42.1 Å². The first-order valence-electron chi connectivity index (χ1n) is 20.0. The van der Waals surface area contributed by atoms with E-state index in [9.17, 15) is 19.2 Å². The molecule has 0 spiro atoms. The lowest BCUT2D eigenvalue weighted by atomic mass is 10.2. The smallest absolute Gasteiger partial charge is 0.338 e. The number of carbonyl (C=O) groups excluding carboxylic acids is 4. The van der Waals surface area contributed by atoms with Gasteiger partial charge in [0.15, 0.2) is 0 Å². The molecule has 0 saturated heterocycles. The zero-order chi connectivity index (χ0) is 46.2. The number of aromatic hydroxyl groups is 5. The van der Waals surface area contributed by atoms with Crippen molar-refractivity contribution in [2.75, 3.05) is 19.8 Å². The van der Waals surface area contributed by atoms with Crippen molar-refractivity contribution in [2.24, 2.45) is 0 Å². The van der Waals surface area contributed by atoms with Crippen LogP contribution in [0.15, 0.2) is 158 Å². The molecule has 13 nitrogen and oxygen atoms in total. The molecule has 0 bridgehead atoms. The summed E-state index contributed by atoms with van der Waals surface area (Å²) in [5.41, 5.74) is 2.76. The van der Waals surface area contributed by atoms with E-state index < -0.39 is 5.97 Å². The highest BCUT2D eigenvalue weighted by atomic mass is 16.5. The maximum Gasteiger partial charge on any atom is 0.338 e. The molecule has 0 unspecified atom stereocenters. The molecule has 0 amide bonds. The second kappa shape index (κ2) is 30.3. The first-order valence-corrected chi connectivity index (χ1v) is 20.0. The molecule has 0 heterocycles. The number of hydrogen-bond acceptors (Lipinski definition) is 13. The molecule has 63 heavy (non-hydrogen) atoms. The number of rotatable bonds is 12. The van der Waals surface area contributed by atoms with Gasteiger partial charge in [-0.15, -0.1) is 0 Å². The monoisotopic (exact) mass is 862 g/mol. The molecule has 0 radical (unpaired) electrons. The van der Waals surface area contributed by atoms with E-state index in [1.54, 1.807) is 43.3 Å². The van der Waals surface area contributed by atoms with E-state index in [0.717, 1.165) is 24.8 Å². The van der Waals surface area contributed by atoms with Crippen molar-refractivity contribution in [1.82, 2.24) is 0 Å². The Morgan fingerprint density at radius 1 is 0.365 bits per heavy atom. The summed E-state index contributed by atoms with van der Waals surface area (Å²) >= 11 is 0. The second-order valence-electron chi connectivity index (χ2n) is 12.9. The van der Waals surface area contributed by atoms with Crippen LogP contribution >= 0.6 is 0 Å². The van der Waals surface area contributed by atoms with Crippen LogP contribution in [0.3, 0.4) is 0 Å². The number of esters is 4. The Morgan fingerprint density at radius 2 is 0.683 bits per heavy atom. The van der Waals surface area contributed by atoms with Crippen molar-refractivity contribution in [3.63, 3.8) is 0 Å². The standard InChI is InChI=1S/C14H12O3.C11H14O3.C10H12O3.C9H10O3.C6H6O/c15-13-8-6-12(7-9-13)14(16)17-10-11-4-2-1-3-5-11;1-2-3-8-14-11(13)9-4-6-10(12)7-5-9;1-2-7-13-10(12)8-3-5-9(11)6-4-8;1-2-12-9(11)7-3-5-8(10)6-4-7;7-6-4-2-1-3-5-6/h1-9,15H,10H2;4-7,12H,2-3,8H2,1H3;3-6,11H,2,7H2,1H3;3-6,10H,2H2,1H3;1-5,7H. The van der Waals surface area contributed by atoms with Gasteiger partial charge in [0, 0.05) is 0 Å². The summed E-state index contributed by atoms with van der Waals surface area (Å²) in [4.78, 5) is 45.2. The Kier molecular flexibility index (Phi) is 24.7. The summed E-state index contributed by atoms with van der Waals surface area (Å²) in [6, 6.07) is 42.1. The largest absolute Gasteiger partial charge is 0.508 e. The molecule has 0 aliphatic heterocycles. The quantitative estimate of drug-likeness (QED) is 0.0442. The fourth-order valence-corrected chi connectivity index (χ4v) is 4.51. The first kappa shape index (κ1) is 51.3. The Bertz CT molecular complexity index is 2170. The van der Waals surface area contributed by atoms with E-state index in [4.69, 9.17) is 44.5 Å². The molecule has 13 heteroatoms. The predicted octanol–water partition coefficient (Wildman–Crippen LogP) is 10.0. The summed E-state index contributed by atoms with van der Waals surface area (Å²) < 4.78 is 19.8. The Balaban J connectivity index is 0.000000277. The lowest BCUT2D eigenvalue weighted by molar-refractivity contribution is 0.0468. The molecule has 6 aromatic carbocycles. The number of unbranched alkanes of at least 4 members (excludes halogenated alkanes) is 1. The molecular formula is C50H54O13. The maximum absolute atomic E-state index is 11.6. The maximum atomic E-state index is 11.6. The number of ether oxygens (including phenoxy) is 4. The topological polar surface area (TPSA) is 206 Å². The first-order chi connectivity index (χ1) is 30.4. The van der Waals surface area contributed by atoms with E-state index >= 15 is 0 Å². The number of benzene rings is 6. The number of carbonyl (C=O) groups is 4. The van der Waals surface area contributed by atoms with E-state index in [2.05, 4.69) is 0 Å². The molecule has 6 rings (SSSR count). The third kappa shape index (κ3) is 22.4. The van der Waals surface area contributed by atoms with Gasteiger partial charge < -0.3 is 44.5 Å². The molecule has 5 N–H and O–H groups in total. The van der Waals surface area contributed by atoms with Gasteiger partial charge in [0.25, 0.3) is 0 Å². The zero-order valence-electron chi connectivity index (χ0n) is 35.5. The number of hydrogen-bond donors (Lipinski definition) is 5. The Morgan fingerprint density at radius 3 is 1.00 bits per heavy atom. The van der Waals surface area contributed by atoms with Gasteiger partial charge in [-0.1, -0.05) is 68.8 Å². The van der Waals surface area contributed by atoms with Crippen LogP contribution < -0.4 is 0 Å². The Hall–Kier alpha value is -7.80. The fourth-order valence-electron chi connectivity index (χ4n) is 4.51. The molecule has 0 fully saturated rings. The Labute approximate surface area is 367 Å². The molecular weight excluding hydrogens is 809 g/mol. The van der Waals surface area contributed by atoms with E-state index in [1.165, 1.54) is 84.9 Å². The van der Waals surface area contributed by atoms with Gasteiger partial charge in [-0.25, -0.2) is 19.2 Å². The summed E-state index contributed by atoms with van der Waals surface area (Å²) in [5, 5.41) is 44.6. The van der Waals surface area contributed by atoms with Gasteiger partial charge in [-0.3, -0.25) is 0 Å². The van der Waals surface area contributed by atoms with Gasteiger partial charge in [-0.2, -0.15) is 0 Å². The SMILES string of the molecule is CCCCOC(=O)c1ccc(O)cc1.CCCOC(=O)c1ccc(O)cc1.CCOC(=O)c1ccc(O)cc1.O=C(OCc1ccccc1)c1ccc(O)cc1.Oc1ccccc1. The van der Waals surface area contributed by atoms with Crippen molar-refractivity contribution >= 4 is 23.9 Å². The molecule has 0 atom stereocenters. The molecule has 6 aromatic rings. The average molecular weight is 863 g/mol. The van der Waals surface area contributed by atoms with Crippen LogP contribution in [-0.4, -0.2) is 69.2 Å². The summed E-state index contributed by atoms with van der Waals surface area (Å²) in [7, 11) is 0. The van der Waals surface area contributed by atoms with Crippen molar-refractivity contribution in [3.8, 4) is 28.7 Å².